The summed E-state index contributed by atoms with van der Waals surface area (Å²) < 4.78 is 6.16. The van der Waals surface area contributed by atoms with Crippen LogP contribution in [0.3, 0.4) is 0 Å². The lowest BCUT2D eigenvalue weighted by molar-refractivity contribution is -0.189. The molecule has 0 aromatic rings. The van der Waals surface area contributed by atoms with E-state index in [-0.39, 0.29) is 28.4 Å². The molecule has 0 radical (unpaired) electrons. The molecule has 4 heteroatoms. The minimum atomic E-state index is -0.953. The van der Waals surface area contributed by atoms with Crippen LogP contribution in [0.2, 0.25) is 0 Å². The molecule has 0 spiro atoms. The zero-order valence-corrected chi connectivity index (χ0v) is 19.9. The van der Waals surface area contributed by atoms with Crippen LogP contribution in [0.5, 0.6) is 0 Å². The zero-order chi connectivity index (χ0) is 22.4. The molecule has 0 heterocycles. The van der Waals surface area contributed by atoms with Gasteiger partial charge in [0.25, 0.3) is 0 Å². The number of Topliss-reactive ketones (excluding diaryl/α,β-unsaturated/α-hetero) is 1. The summed E-state index contributed by atoms with van der Waals surface area (Å²) in [6, 6.07) is 0. The van der Waals surface area contributed by atoms with Gasteiger partial charge in [0.05, 0.1) is 0 Å². The van der Waals surface area contributed by atoms with Crippen molar-refractivity contribution in [2.75, 3.05) is 0 Å². The lowest BCUT2D eigenvalue weighted by atomic mass is 9.46. The molecular formula is C27H40O4. The van der Waals surface area contributed by atoms with Crippen LogP contribution in [0.15, 0.2) is 11.6 Å². The number of carbonyl (C=O) groups is 3. The lowest BCUT2D eigenvalue weighted by Crippen LogP contribution is -2.58. The average Bonchev–Trinajstić information content (AvgIpc) is 3.02. The number of ether oxygens (including phenoxy) is 1. The van der Waals surface area contributed by atoms with E-state index in [1.54, 1.807) is 6.92 Å². The third-order valence-corrected chi connectivity index (χ3v) is 9.92. The second-order valence-electron chi connectivity index (χ2n) is 11.3. The molecular weight excluding hydrogens is 388 g/mol. The van der Waals surface area contributed by atoms with E-state index in [1.165, 1.54) is 5.57 Å². The summed E-state index contributed by atoms with van der Waals surface area (Å²) in [5.74, 6) is 1.66. The summed E-state index contributed by atoms with van der Waals surface area (Å²) in [6.45, 7) is 8.37. The predicted octanol–water partition coefficient (Wildman–Crippen LogP) is 5.97. The number of esters is 1. The first-order chi connectivity index (χ1) is 14.7. The first-order valence-corrected chi connectivity index (χ1v) is 12.6. The van der Waals surface area contributed by atoms with Crippen molar-refractivity contribution in [1.29, 1.82) is 0 Å². The number of carbonyl (C=O) groups excluding carboxylic acids is 3. The Morgan fingerprint density at radius 1 is 1.03 bits per heavy atom. The van der Waals surface area contributed by atoms with Crippen molar-refractivity contribution in [3.05, 3.63) is 11.6 Å². The molecule has 4 rings (SSSR count). The Morgan fingerprint density at radius 3 is 2.48 bits per heavy atom. The molecule has 4 aliphatic rings. The molecule has 172 valence electrons. The largest absolute Gasteiger partial charge is 0.450 e. The van der Waals surface area contributed by atoms with Crippen LogP contribution in [-0.2, 0) is 19.1 Å². The molecule has 0 unspecified atom stereocenters. The maximum atomic E-state index is 13.1. The van der Waals surface area contributed by atoms with Crippen LogP contribution >= 0.6 is 0 Å². The molecule has 3 fully saturated rings. The highest BCUT2D eigenvalue weighted by Gasteiger charge is 2.67. The van der Waals surface area contributed by atoms with E-state index in [0.717, 1.165) is 57.8 Å². The van der Waals surface area contributed by atoms with Gasteiger partial charge in [0, 0.05) is 18.3 Å². The van der Waals surface area contributed by atoms with Gasteiger partial charge in [-0.05, 0) is 87.5 Å². The molecule has 0 bridgehead atoms. The molecule has 3 saturated carbocycles. The first kappa shape index (κ1) is 22.7. The summed E-state index contributed by atoms with van der Waals surface area (Å²) in [5, 5.41) is 0. The molecule has 0 amide bonds. The minimum Gasteiger partial charge on any atom is -0.450 e. The molecule has 4 nitrogen and oxygen atoms in total. The Labute approximate surface area is 187 Å². The standard InChI is InChI=1S/C27H40O4/c1-5-6-7-8-24(30)31-27(18(2)28)16-13-23-21-10-9-19-17-20(29)11-14-25(19,3)22(21)12-15-26(23,27)4/h17,21-23H,5-16H2,1-4H3/t21-,22+,23+,25+,26+,27+/m0/s1. The van der Waals surface area contributed by atoms with Crippen molar-refractivity contribution in [1.82, 2.24) is 0 Å². The van der Waals surface area contributed by atoms with Gasteiger partial charge in [-0.2, -0.15) is 0 Å². The average molecular weight is 429 g/mol. The number of ketones is 2. The third-order valence-electron chi connectivity index (χ3n) is 9.92. The molecule has 0 N–H and O–H groups in total. The Bertz CT molecular complexity index is 797. The maximum absolute atomic E-state index is 13.1. The van der Waals surface area contributed by atoms with Crippen LogP contribution in [0.1, 0.15) is 105 Å². The van der Waals surface area contributed by atoms with Crippen LogP contribution in [0.4, 0.5) is 0 Å². The maximum Gasteiger partial charge on any atom is 0.306 e. The van der Waals surface area contributed by atoms with Crippen LogP contribution in [-0.4, -0.2) is 23.1 Å². The summed E-state index contributed by atoms with van der Waals surface area (Å²) >= 11 is 0. The van der Waals surface area contributed by atoms with Crippen LogP contribution in [0.25, 0.3) is 0 Å². The fourth-order valence-corrected chi connectivity index (χ4v) is 8.14. The van der Waals surface area contributed by atoms with Crippen molar-refractivity contribution >= 4 is 17.5 Å². The predicted molar refractivity (Wildman–Crippen MR) is 120 cm³/mol. The molecule has 0 aliphatic heterocycles. The van der Waals surface area contributed by atoms with E-state index in [2.05, 4.69) is 20.8 Å². The number of hydrogen-bond acceptors (Lipinski definition) is 4. The van der Waals surface area contributed by atoms with E-state index < -0.39 is 5.60 Å². The van der Waals surface area contributed by atoms with Crippen molar-refractivity contribution in [2.45, 2.75) is 110 Å². The molecule has 0 aromatic heterocycles. The fraction of sp³-hybridized carbons (Fsp3) is 0.815. The second-order valence-corrected chi connectivity index (χ2v) is 11.3. The molecule has 0 saturated heterocycles. The van der Waals surface area contributed by atoms with E-state index in [4.69, 9.17) is 4.74 Å². The van der Waals surface area contributed by atoms with Crippen molar-refractivity contribution in [2.24, 2.45) is 28.6 Å². The summed E-state index contributed by atoms with van der Waals surface area (Å²) in [5.41, 5.74) is 0.261. The Hall–Kier alpha value is -1.45. The molecule has 0 aromatic carbocycles. The highest BCUT2D eigenvalue weighted by molar-refractivity contribution is 5.91. The van der Waals surface area contributed by atoms with E-state index in [0.29, 0.717) is 37.0 Å². The normalized spacial score (nSPS) is 41.6. The highest BCUT2D eigenvalue weighted by atomic mass is 16.6. The number of allylic oxidation sites excluding steroid dienone is 1. The summed E-state index contributed by atoms with van der Waals surface area (Å²) in [4.78, 5) is 37.8. The van der Waals surface area contributed by atoms with Crippen LogP contribution in [0, 0.1) is 28.6 Å². The van der Waals surface area contributed by atoms with Gasteiger partial charge in [-0.3, -0.25) is 14.4 Å². The Morgan fingerprint density at radius 2 is 1.77 bits per heavy atom. The number of rotatable bonds is 6. The van der Waals surface area contributed by atoms with E-state index in [1.807, 2.05) is 6.08 Å². The van der Waals surface area contributed by atoms with Crippen molar-refractivity contribution in [3.63, 3.8) is 0 Å². The van der Waals surface area contributed by atoms with Crippen LogP contribution < -0.4 is 0 Å². The fourth-order valence-electron chi connectivity index (χ4n) is 8.14. The summed E-state index contributed by atoms with van der Waals surface area (Å²) in [6.07, 6.45) is 12.6. The first-order valence-electron chi connectivity index (χ1n) is 12.6. The van der Waals surface area contributed by atoms with Crippen molar-refractivity contribution in [3.8, 4) is 0 Å². The van der Waals surface area contributed by atoms with E-state index >= 15 is 0 Å². The number of hydrogen-bond donors (Lipinski definition) is 0. The Balaban J connectivity index is 1.59. The molecule has 31 heavy (non-hydrogen) atoms. The summed E-state index contributed by atoms with van der Waals surface area (Å²) in [7, 11) is 0. The molecule has 4 aliphatic carbocycles. The Kier molecular flexibility index (Phi) is 5.98. The SMILES string of the molecule is CCCCCC(=O)O[C@@]1(C(C)=O)CC[C@@H]2[C@H]3CCC4=CC(=O)CC[C@@]4(C)[C@@H]3CC[C@]21C. The van der Waals surface area contributed by atoms with Gasteiger partial charge in [-0.25, -0.2) is 0 Å². The topological polar surface area (TPSA) is 60.4 Å². The second kappa shape index (κ2) is 8.15. The van der Waals surface area contributed by atoms with Gasteiger partial charge in [0.1, 0.15) is 0 Å². The number of fused-ring (bicyclic) bond motifs is 5. The van der Waals surface area contributed by atoms with E-state index in [9.17, 15) is 14.4 Å². The minimum absolute atomic E-state index is 0.0330. The number of unbranched alkanes of at least 4 members (excludes halogenated alkanes) is 2. The van der Waals surface area contributed by atoms with Gasteiger partial charge >= 0.3 is 5.97 Å². The third kappa shape index (κ3) is 3.43. The van der Waals surface area contributed by atoms with Crippen molar-refractivity contribution < 1.29 is 19.1 Å². The molecule has 6 atom stereocenters. The van der Waals surface area contributed by atoms with Gasteiger partial charge < -0.3 is 4.74 Å². The quantitative estimate of drug-likeness (QED) is 0.386. The van der Waals surface area contributed by atoms with Gasteiger partial charge in [-0.15, -0.1) is 0 Å². The monoisotopic (exact) mass is 428 g/mol. The highest BCUT2D eigenvalue weighted by Crippen LogP contribution is 2.68. The van der Waals surface area contributed by atoms with Gasteiger partial charge in [0.15, 0.2) is 17.2 Å². The lowest BCUT2D eigenvalue weighted by Gasteiger charge is -2.59. The smallest absolute Gasteiger partial charge is 0.306 e. The van der Waals surface area contributed by atoms with Gasteiger partial charge in [-0.1, -0.05) is 39.2 Å². The van der Waals surface area contributed by atoms with Gasteiger partial charge in [0.2, 0.25) is 0 Å². The zero-order valence-electron chi connectivity index (χ0n) is 19.9.